The summed E-state index contributed by atoms with van der Waals surface area (Å²) in [4.78, 5) is 5.23. The lowest BCUT2D eigenvalue weighted by atomic mass is 10.1. The van der Waals surface area contributed by atoms with E-state index in [-0.39, 0.29) is 0 Å². The average Bonchev–Trinajstić information content (AvgIpc) is 3.36. The Balaban J connectivity index is 1.43. The molecule has 0 spiro atoms. The SMILES string of the molecule is COc1ccc(OCc2ccccc2)c(-c2cn(-c3ccc(Br)cc3)c(C3=CC=CCC=C3OCc3ccccc3)n2)c1. The Hall–Kier alpha value is -4.81. The summed E-state index contributed by atoms with van der Waals surface area (Å²) in [5, 5.41) is 0. The zero-order valence-electron chi connectivity index (χ0n) is 23.8. The molecule has 5 aromatic rings. The van der Waals surface area contributed by atoms with Crippen LogP contribution in [0, 0.1) is 0 Å². The minimum Gasteiger partial charge on any atom is -0.497 e. The Labute approximate surface area is 260 Å². The molecule has 6 rings (SSSR count). The van der Waals surface area contributed by atoms with Gasteiger partial charge in [-0.05, 0) is 72.2 Å². The molecular weight excluding hydrogens is 600 g/mol. The van der Waals surface area contributed by atoms with Crippen LogP contribution < -0.4 is 9.47 Å². The number of methoxy groups -OCH3 is 1. The Morgan fingerprint density at radius 2 is 1.51 bits per heavy atom. The van der Waals surface area contributed by atoms with Gasteiger partial charge in [-0.2, -0.15) is 0 Å². The van der Waals surface area contributed by atoms with Gasteiger partial charge in [0, 0.05) is 21.9 Å². The molecule has 1 heterocycles. The number of nitrogens with zero attached hydrogens (tertiary/aromatic N) is 2. The van der Waals surface area contributed by atoms with Crippen LogP contribution in [0.3, 0.4) is 0 Å². The van der Waals surface area contributed by atoms with E-state index in [1.54, 1.807) is 7.11 Å². The summed E-state index contributed by atoms with van der Waals surface area (Å²) < 4.78 is 21.5. The normalized spacial score (nSPS) is 12.7. The second-order valence-electron chi connectivity index (χ2n) is 10.0. The lowest BCUT2D eigenvalue weighted by Gasteiger charge is -2.15. The zero-order valence-corrected chi connectivity index (χ0v) is 25.4. The highest BCUT2D eigenvalue weighted by Crippen LogP contribution is 2.37. The van der Waals surface area contributed by atoms with Gasteiger partial charge in [0.2, 0.25) is 0 Å². The third kappa shape index (κ3) is 6.82. The molecule has 0 fully saturated rings. The highest BCUT2D eigenvalue weighted by Gasteiger charge is 2.22. The monoisotopic (exact) mass is 630 g/mol. The summed E-state index contributed by atoms with van der Waals surface area (Å²) >= 11 is 3.57. The first kappa shape index (κ1) is 28.3. The van der Waals surface area contributed by atoms with Crippen LogP contribution >= 0.6 is 15.9 Å². The van der Waals surface area contributed by atoms with Crippen molar-refractivity contribution >= 4 is 21.5 Å². The molecule has 0 bridgehead atoms. The first-order valence-electron chi connectivity index (χ1n) is 14.1. The van der Waals surface area contributed by atoms with Gasteiger partial charge in [-0.1, -0.05) is 88.7 Å². The molecule has 1 aliphatic rings. The fourth-order valence-corrected chi connectivity index (χ4v) is 5.13. The summed E-state index contributed by atoms with van der Waals surface area (Å²) in [7, 11) is 1.67. The van der Waals surface area contributed by atoms with Gasteiger partial charge in [-0.25, -0.2) is 4.98 Å². The van der Waals surface area contributed by atoms with E-state index < -0.39 is 0 Å². The summed E-state index contributed by atoms with van der Waals surface area (Å²) in [6.07, 6.45) is 11.2. The van der Waals surface area contributed by atoms with Crippen molar-refractivity contribution in [2.45, 2.75) is 19.6 Å². The van der Waals surface area contributed by atoms with Crippen molar-refractivity contribution < 1.29 is 14.2 Å². The standard InChI is InChI=1S/C37H31BrN2O3/c1-41-31-21-22-36(43-26-28-13-7-3-8-14-28)33(23-31)34-24-40(30-19-17-29(38)18-20-30)37(39-34)32-15-9-4-10-16-35(32)42-25-27-11-5-2-6-12-27/h2-9,11-24H,10,25-26H2,1H3. The molecule has 0 radical (unpaired) electrons. The number of allylic oxidation sites excluding steroid dienone is 5. The number of rotatable bonds is 10. The van der Waals surface area contributed by atoms with Crippen molar-refractivity contribution in [2.75, 3.05) is 7.11 Å². The minimum atomic E-state index is 0.441. The second-order valence-corrected chi connectivity index (χ2v) is 10.9. The van der Waals surface area contributed by atoms with Crippen LogP contribution in [0.5, 0.6) is 11.5 Å². The lowest BCUT2D eigenvalue weighted by molar-refractivity contribution is 0.213. The van der Waals surface area contributed by atoms with Crippen LogP contribution in [-0.4, -0.2) is 16.7 Å². The zero-order chi connectivity index (χ0) is 29.4. The molecule has 0 aliphatic heterocycles. The molecule has 0 unspecified atom stereocenters. The number of aromatic nitrogens is 2. The van der Waals surface area contributed by atoms with E-state index in [9.17, 15) is 0 Å². The van der Waals surface area contributed by atoms with E-state index in [0.717, 1.165) is 67.6 Å². The number of benzene rings is 4. The van der Waals surface area contributed by atoms with Crippen molar-refractivity contribution in [3.05, 3.63) is 161 Å². The maximum atomic E-state index is 6.44. The molecule has 43 heavy (non-hydrogen) atoms. The van der Waals surface area contributed by atoms with Gasteiger partial charge in [-0.3, -0.25) is 4.57 Å². The van der Waals surface area contributed by atoms with Crippen LogP contribution in [0.2, 0.25) is 0 Å². The fourth-order valence-electron chi connectivity index (χ4n) is 4.86. The molecule has 0 atom stereocenters. The molecule has 5 nitrogen and oxygen atoms in total. The summed E-state index contributed by atoms with van der Waals surface area (Å²) in [5.41, 5.74) is 5.67. The van der Waals surface area contributed by atoms with E-state index in [0.29, 0.717) is 13.2 Å². The van der Waals surface area contributed by atoms with Crippen LogP contribution in [0.1, 0.15) is 23.4 Å². The maximum absolute atomic E-state index is 6.44. The lowest BCUT2D eigenvalue weighted by Crippen LogP contribution is -2.04. The van der Waals surface area contributed by atoms with E-state index in [2.05, 4.69) is 81.2 Å². The molecule has 214 valence electrons. The van der Waals surface area contributed by atoms with Crippen LogP contribution in [0.25, 0.3) is 22.5 Å². The van der Waals surface area contributed by atoms with E-state index in [1.165, 1.54) is 0 Å². The topological polar surface area (TPSA) is 45.5 Å². The molecule has 0 saturated carbocycles. The van der Waals surface area contributed by atoms with Gasteiger partial charge >= 0.3 is 0 Å². The maximum Gasteiger partial charge on any atom is 0.148 e. The van der Waals surface area contributed by atoms with Crippen LogP contribution in [-0.2, 0) is 18.0 Å². The highest BCUT2D eigenvalue weighted by atomic mass is 79.9. The van der Waals surface area contributed by atoms with Crippen molar-refractivity contribution in [3.8, 4) is 28.4 Å². The van der Waals surface area contributed by atoms with Gasteiger partial charge < -0.3 is 14.2 Å². The summed E-state index contributed by atoms with van der Waals surface area (Å²) in [5.74, 6) is 3.00. The number of hydrogen-bond acceptors (Lipinski definition) is 4. The molecule has 0 N–H and O–H groups in total. The predicted octanol–water partition coefficient (Wildman–Crippen LogP) is 9.33. The van der Waals surface area contributed by atoms with E-state index in [4.69, 9.17) is 19.2 Å². The predicted molar refractivity (Wildman–Crippen MR) is 175 cm³/mol. The van der Waals surface area contributed by atoms with Crippen LogP contribution in [0.4, 0.5) is 0 Å². The first-order chi connectivity index (χ1) is 21.2. The van der Waals surface area contributed by atoms with Crippen LogP contribution in [0.15, 0.2) is 144 Å². The first-order valence-corrected chi connectivity index (χ1v) is 14.9. The number of ether oxygens (including phenoxy) is 3. The fraction of sp³-hybridized carbons (Fsp3) is 0.108. The summed E-state index contributed by atoms with van der Waals surface area (Å²) in [6, 6.07) is 34.4. The van der Waals surface area contributed by atoms with Gasteiger partial charge in [0.1, 0.15) is 36.3 Å². The highest BCUT2D eigenvalue weighted by molar-refractivity contribution is 9.10. The van der Waals surface area contributed by atoms with Gasteiger partial charge in [-0.15, -0.1) is 0 Å². The molecule has 6 heteroatoms. The molecule has 0 amide bonds. The molecule has 4 aromatic carbocycles. The van der Waals surface area contributed by atoms with Gasteiger partial charge in [0.25, 0.3) is 0 Å². The van der Waals surface area contributed by atoms with Crippen molar-refractivity contribution in [2.24, 2.45) is 0 Å². The Morgan fingerprint density at radius 3 is 2.21 bits per heavy atom. The molecule has 0 saturated heterocycles. The third-order valence-corrected chi connectivity index (χ3v) is 7.62. The van der Waals surface area contributed by atoms with Crippen molar-refractivity contribution in [1.82, 2.24) is 9.55 Å². The van der Waals surface area contributed by atoms with Gasteiger partial charge in [0.05, 0.1) is 18.4 Å². The number of hydrogen-bond donors (Lipinski definition) is 0. The third-order valence-electron chi connectivity index (χ3n) is 7.09. The molecular formula is C37H31BrN2O3. The Morgan fingerprint density at radius 1 is 0.814 bits per heavy atom. The van der Waals surface area contributed by atoms with Crippen molar-refractivity contribution in [3.63, 3.8) is 0 Å². The van der Waals surface area contributed by atoms with E-state index in [1.807, 2.05) is 72.9 Å². The Kier molecular flexibility index (Phi) is 8.85. The smallest absolute Gasteiger partial charge is 0.148 e. The van der Waals surface area contributed by atoms with Crippen molar-refractivity contribution in [1.29, 1.82) is 0 Å². The van der Waals surface area contributed by atoms with E-state index >= 15 is 0 Å². The summed E-state index contributed by atoms with van der Waals surface area (Å²) in [6.45, 7) is 0.903. The molecule has 1 aliphatic carbocycles. The number of imidazole rings is 1. The minimum absolute atomic E-state index is 0.441. The quantitative estimate of drug-likeness (QED) is 0.154. The van der Waals surface area contributed by atoms with Gasteiger partial charge in [0.15, 0.2) is 0 Å². The number of halogens is 1. The second kappa shape index (κ2) is 13.4. The average molecular weight is 632 g/mol. The Bertz CT molecular complexity index is 1770. The largest absolute Gasteiger partial charge is 0.497 e. The molecule has 1 aromatic heterocycles.